The minimum Gasteiger partial charge on any atom is -0.434 e. The fourth-order valence-electron chi connectivity index (χ4n) is 3.68. The normalized spacial score (nSPS) is 18.9. The average Bonchev–Trinajstić information content (AvgIpc) is 2.83. The van der Waals surface area contributed by atoms with Gasteiger partial charge < -0.3 is 20.1 Å². The molecule has 0 saturated carbocycles. The highest BCUT2D eigenvalue weighted by Gasteiger charge is 2.35. The lowest BCUT2D eigenvalue weighted by atomic mass is 10.0. The van der Waals surface area contributed by atoms with E-state index in [0.29, 0.717) is 6.42 Å². The van der Waals surface area contributed by atoms with Crippen molar-refractivity contribution in [2.24, 2.45) is 0 Å². The number of carbonyl (C=O) groups is 1. The van der Waals surface area contributed by atoms with E-state index in [9.17, 15) is 45.3 Å². The van der Waals surface area contributed by atoms with Crippen LogP contribution in [-0.2, 0) is 14.3 Å². The van der Waals surface area contributed by atoms with Gasteiger partial charge in [0.05, 0.1) is 44.0 Å². The van der Waals surface area contributed by atoms with Gasteiger partial charge in [-0.25, -0.2) is 0 Å². The van der Waals surface area contributed by atoms with Crippen LogP contribution in [0.2, 0.25) is 0 Å². The molecule has 0 spiro atoms. The molecule has 2 N–H and O–H groups in total. The Labute approximate surface area is 207 Å². The van der Waals surface area contributed by atoms with Gasteiger partial charge in [-0.15, -0.1) is 0 Å². The van der Waals surface area contributed by atoms with Crippen LogP contribution >= 0.6 is 0 Å². The van der Waals surface area contributed by atoms with Crippen molar-refractivity contribution in [3.05, 3.63) is 76.9 Å². The van der Waals surface area contributed by atoms with Crippen LogP contribution in [0.3, 0.4) is 0 Å². The maximum Gasteiger partial charge on any atom is 0.305 e. The molecule has 1 heterocycles. The molecule has 0 aliphatic carbocycles. The third-order valence-corrected chi connectivity index (χ3v) is 5.38. The predicted molar refractivity (Wildman–Crippen MR) is 125 cm³/mol. The highest BCUT2D eigenvalue weighted by atomic mass is 16.7. The number of benzene rings is 2. The second-order valence-corrected chi connectivity index (χ2v) is 7.88. The van der Waals surface area contributed by atoms with Crippen LogP contribution in [0.5, 0.6) is 0 Å². The molecular weight excluding hydrogens is 500 g/mol. The van der Waals surface area contributed by atoms with Gasteiger partial charge in [-0.2, -0.15) is 0 Å². The van der Waals surface area contributed by atoms with Crippen LogP contribution < -0.4 is 10.6 Å². The summed E-state index contributed by atoms with van der Waals surface area (Å²) in [5.74, 6) is -0.699. The van der Waals surface area contributed by atoms with E-state index in [1.165, 1.54) is 12.1 Å². The first-order chi connectivity index (χ1) is 17.5. The number of nitrogens with one attached hydrogen (secondary N) is 2. The highest BCUT2D eigenvalue weighted by molar-refractivity contribution is 5.67. The zero-order valence-corrected chi connectivity index (χ0v) is 19.1. The minimum absolute atomic E-state index is 0.0147. The van der Waals surface area contributed by atoms with E-state index < -0.39 is 66.8 Å². The number of non-ortho nitro benzene ring substituents is 2. The van der Waals surface area contributed by atoms with Gasteiger partial charge in [-0.05, 0) is 25.0 Å². The van der Waals surface area contributed by atoms with Gasteiger partial charge >= 0.3 is 5.97 Å². The molecule has 0 amide bonds. The Morgan fingerprint density at radius 2 is 1.43 bits per heavy atom. The topological polar surface area (TPSA) is 232 Å². The Hall–Kier alpha value is -4.93. The number of nitro groups is 4. The Balaban J connectivity index is 1.74. The van der Waals surface area contributed by atoms with E-state index in [4.69, 9.17) is 9.47 Å². The lowest BCUT2D eigenvalue weighted by molar-refractivity contribution is -0.393. The van der Waals surface area contributed by atoms with Gasteiger partial charge in [0, 0.05) is 25.6 Å². The molecule has 37 heavy (non-hydrogen) atoms. The van der Waals surface area contributed by atoms with Crippen LogP contribution in [0, 0.1) is 40.5 Å². The second kappa shape index (κ2) is 11.2. The van der Waals surface area contributed by atoms with Crippen LogP contribution in [-0.4, -0.2) is 50.6 Å². The summed E-state index contributed by atoms with van der Waals surface area (Å²) in [6.45, 7) is 1.15. The molecule has 17 nitrogen and oxygen atoms in total. The van der Waals surface area contributed by atoms with Gasteiger partial charge in [0.15, 0.2) is 0 Å². The van der Waals surface area contributed by atoms with E-state index in [-0.39, 0.29) is 24.3 Å². The molecule has 2 aromatic carbocycles. The van der Waals surface area contributed by atoms with E-state index >= 15 is 0 Å². The molecule has 3 atom stereocenters. The third kappa shape index (κ3) is 6.60. The smallest absolute Gasteiger partial charge is 0.305 e. The Kier molecular flexibility index (Phi) is 8.08. The van der Waals surface area contributed by atoms with Gasteiger partial charge in [0.2, 0.25) is 6.29 Å². The van der Waals surface area contributed by atoms with E-state index in [1.807, 2.05) is 0 Å². The molecule has 196 valence electrons. The maximum absolute atomic E-state index is 11.6. The summed E-state index contributed by atoms with van der Waals surface area (Å²) in [7, 11) is 0. The van der Waals surface area contributed by atoms with Crippen molar-refractivity contribution in [3.8, 4) is 0 Å². The highest BCUT2D eigenvalue weighted by Crippen LogP contribution is 2.33. The quantitative estimate of drug-likeness (QED) is 0.260. The zero-order chi connectivity index (χ0) is 27.3. The lowest BCUT2D eigenvalue weighted by Gasteiger charge is -2.36. The van der Waals surface area contributed by atoms with Crippen molar-refractivity contribution in [1.82, 2.24) is 0 Å². The van der Waals surface area contributed by atoms with Gasteiger partial charge in [0.25, 0.3) is 22.7 Å². The Morgan fingerprint density at radius 1 is 0.892 bits per heavy atom. The molecule has 0 bridgehead atoms. The van der Waals surface area contributed by atoms with E-state index in [1.54, 1.807) is 0 Å². The molecule has 0 unspecified atom stereocenters. The summed E-state index contributed by atoms with van der Waals surface area (Å²) in [5.41, 5.74) is -2.00. The monoisotopic (exact) mass is 520 g/mol. The number of hydrogen-bond donors (Lipinski definition) is 2. The van der Waals surface area contributed by atoms with Crippen LogP contribution in [0.1, 0.15) is 19.8 Å². The number of nitro benzene ring substituents is 4. The molecule has 1 fully saturated rings. The SMILES string of the molecule is CC(=O)O[C@H]1O[C@H](CNc2ccc([N+](=O)[O-])cc2[N+](=O)[O-])CC[C@H]1Nc1ccc([N+](=O)[O-])cc1[N+](=O)[O-]. The first-order valence-corrected chi connectivity index (χ1v) is 10.6. The second-order valence-electron chi connectivity index (χ2n) is 7.88. The zero-order valence-electron chi connectivity index (χ0n) is 19.1. The predicted octanol–water partition coefficient (Wildman–Crippen LogP) is 3.28. The Morgan fingerprint density at radius 3 is 1.95 bits per heavy atom. The van der Waals surface area contributed by atoms with Crippen molar-refractivity contribution < 1.29 is 34.0 Å². The summed E-state index contributed by atoms with van der Waals surface area (Å²) < 4.78 is 11.0. The summed E-state index contributed by atoms with van der Waals surface area (Å²) in [6.07, 6.45) is -1.23. The van der Waals surface area contributed by atoms with Crippen molar-refractivity contribution >= 4 is 40.1 Å². The Bertz CT molecular complexity index is 1250. The molecule has 17 heteroatoms. The van der Waals surface area contributed by atoms with Crippen molar-refractivity contribution in [2.45, 2.75) is 38.2 Å². The van der Waals surface area contributed by atoms with Crippen LogP contribution in [0.25, 0.3) is 0 Å². The molecular formula is C20H20N6O11. The number of carbonyl (C=O) groups excluding carboxylic acids is 1. The molecule has 1 aliphatic rings. The number of nitrogens with zero attached hydrogens (tertiary/aromatic N) is 4. The molecule has 1 saturated heterocycles. The number of anilines is 2. The van der Waals surface area contributed by atoms with Crippen molar-refractivity contribution in [2.75, 3.05) is 17.2 Å². The average molecular weight is 520 g/mol. The van der Waals surface area contributed by atoms with E-state index in [0.717, 1.165) is 31.2 Å². The fraction of sp³-hybridized carbons (Fsp3) is 0.350. The first kappa shape index (κ1) is 26.7. The summed E-state index contributed by atoms with van der Waals surface area (Å²) >= 11 is 0. The lowest BCUT2D eigenvalue weighted by Crippen LogP contribution is -2.47. The number of rotatable bonds is 10. The molecule has 3 rings (SSSR count). The largest absolute Gasteiger partial charge is 0.434 e. The summed E-state index contributed by atoms with van der Waals surface area (Å²) in [4.78, 5) is 53.2. The number of hydrogen-bond acceptors (Lipinski definition) is 13. The molecule has 0 aromatic heterocycles. The standard InChI is InChI=1S/C20H20N6O11/c1-11(27)36-20-17(22-16-6-3-13(24(30)31)9-19(16)26(34)35)7-4-14(37-20)10-21-15-5-2-12(23(28)29)8-18(15)25(32)33/h2-3,5-6,8-9,14,17,20-22H,4,7,10H2,1H3/t14-,17+,20-/m0/s1. The van der Waals surface area contributed by atoms with Crippen molar-refractivity contribution in [3.63, 3.8) is 0 Å². The first-order valence-electron chi connectivity index (χ1n) is 10.6. The van der Waals surface area contributed by atoms with E-state index in [2.05, 4.69) is 10.6 Å². The van der Waals surface area contributed by atoms with Crippen LogP contribution in [0.15, 0.2) is 36.4 Å². The molecule has 1 aliphatic heterocycles. The number of esters is 1. The maximum atomic E-state index is 11.6. The third-order valence-electron chi connectivity index (χ3n) is 5.38. The minimum atomic E-state index is -1.21. The number of ether oxygens (including phenoxy) is 2. The fourth-order valence-corrected chi connectivity index (χ4v) is 3.68. The van der Waals surface area contributed by atoms with Gasteiger partial charge in [-0.1, -0.05) is 0 Å². The van der Waals surface area contributed by atoms with Gasteiger partial charge in [-0.3, -0.25) is 45.3 Å². The van der Waals surface area contributed by atoms with Gasteiger partial charge in [0.1, 0.15) is 11.4 Å². The summed E-state index contributed by atoms with van der Waals surface area (Å²) in [6, 6.07) is 5.43. The molecule has 0 radical (unpaired) electrons. The van der Waals surface area contributed by atoms with Crippen molar-refractivity contribution in [1.29, 1.82) is 0 Å². The molecule has 2 aromatic rings. The van der Waals surface area contributed by atoms with Crippen LogP contribution in [0.4, 0.5) is 34.1 Å². The summed E-state index contributed by atoms with van der Waals surface area (Å²) in [5, 5.41) is 50.3.